The zero-order valence-corrected chi connectivity index (χ0v) is 24.0. The van der Waals surface area contributed by atoms with Gasteiger partial charge >= 0.3 is 0 Å². The molecule has 10 N–H and O–H groups in total. The Morgan fingerprint density at radius 1 is 1.15 bits per heavy atom. The molecule has 0 radical (unpaired) electrons. The number of aliphatic hydroxyl groups is 5. The molecule has 0 aromatic carbocycles. The number of ether oxygens (including phenoxy) is 3. The van der Waals surface area contributed by atoms with E-state index in [4.69, 9.17) is 25.7 Å². The van der Waals surface area contributed by atoms with Crippen molar-refractivity contribution in [1.82, 2.24) is 5.32 Å². The molecule has 228 valence electrons. The van der Waals surface area contributed by atoms with Gasteiger partial charge in [0.25, 0.3) is 0 Å². The van der Waals surface area contributed by atoms with E-state index in [0.29, 0.717) is 0 Å². The number of nitrogens with two attached hydrogens (primary N) is 2. The topological polar surface area (TPSA) is 210 Å². The van der Waals surface area contributed by atoms with Gasteiger partial charge in [0.2, 0.25) is 5.91 Å². The molecule has 39 heavy (non-hydrogen) atoms. The van der Waals surface area contributed by atoms with Gasteiger partial charge in [-0.05, 0) is 25.7 Å². The highest BCUT2D eigenvalue weighted by atomic mass is 16.7. The highest BCUT2D eigenvalue weighted by Crippen LogP contribution is 2.38. The summed E-state index contributed by atoms with van der Waals surface area (Å²) in [5, 5.41) is 56.4. The molecule has 0 bridgehead atoms. The molecular formula is C27H51N3O9. The lowest BCUT2D eigenvalue weighted by Gasteiger charge is -2.46. The van der Waals surface area contributed by atoms with E-state index < -0.39 is 72.7 Å². The van der Waals surface area contributed by atoms with Crippen LogP contribution in [0.15, 0.2) is 12.2 Å². The third-order valence-corrected chi connectivity index (χ3v) is 7.44. The van der Waals surface area contributed by atoms with E-state index in [1.54, 1.807) is 33.8 Å². The van der Waals surface area contributed by atoms with E-state index in [0.717, 1.165) is 0 Å². The average molecular weight is 562 g/mol. The number of allylic oxidation sites excluding steroid dienone is 1. The summed E-state index contributed by atoms with van der Waals surface area (Å²) in [6.07, 6.45) is -5.13. The van der Waals surface area contributed by atoms with Crippen LogP contribution in [-0.4, -0.2) is 105 Å². The van der Waals surface area contributed by atoms with Crippen molar-refractivity contribution in [3.63, 3.8) is 0 Å². The summed E-state index contributed by atoms with van der Waals surface area (Å²) < 4.78 is 17.9. The molecule has 12 heteroatoms. The minimum absolute atomic E-state index is 0.00574. The maximum Gasteiger partial charge on any atom is 0.228 e. The van der Waals surface area contributed by atoms with Crippen molar-refractivity contribution in [3.05, 3.63) is 12.2 Å². The van der Waals surface area contributed by atoms with E-state index in [1.165, 1.54) is 0 Å². The Balaban J connectivity index is 2.37. The van der Waals surface area contributed by atoms with E-state index in [2.05, 4.69) is 5.32 Å². The van der Waals surface area contributed by atoms with Gasteiger partial charge in [0.15, 0.2) is 12.1 Å². The van der Waals surface area contributed by atoms with Crippen LogP contribution in [0, 0.1) is 17.8 Å². The molecule has 0 aromatic rings. The zero-order valence-electron chi connectivity index (χ0n) is 24.0. The molecule has 2 aliphatic rings. The van der Waals surface area contributed by atoms with E-state index in [-0.39, 0.29) is 43.7 Å². The molecule has 0 saturated carbocycles. The molecule has 0 spiro atoms. The number of nitrogens with one attached hydrogen (secondary N) is 1. The summed E-state index contributed by atoms with van der Waals surface area (Å²) in [5.41, 5.74) is 11.6. The van der Waals surface area contributed by atoms with E-state index in [1.807, 2.05) is 19.9 Å². The summed E-state index contributed by atoms with van der Waals surface area (Å²) in [5.74, 6) is -3.49. The minimum Gasteiger partial charge on any atom is -0.393 e. The van der Waals surface area contributed by atoms with Crippen molar-refractivity contribution in [2.75, 3.05) is 6.54 Å². The quantitative estimate of drug-likeness (QED) is 0.137. The molecule has 0 aliphatic carbocycles. The second-order valence-corrected chi connectivity index (χ2v) is 11.9. The van der Waals surface area contributed by atoms with Crippen LogP contribution in [0.2, 0.25) is 0 Å². The summed E-state index contributed by atoms with van der Waals surface area (Å²) in [7, 11) is 0. The first-order valence-corrected chi connectivity index (χ1v) is 14.0. The number of carbonyl (C=O) groups is 1. The fourth-order valence-corrected chi connectivity index (χ4v) is 4.84. The zero-order chi connectivity index (χ0) is 29.7. The van der Waals surface area contributed by atoms with Gasteiger partial charge in [0, 0.05) is 31.8 Å². The van der Waals surface area contributed by atoms with E-state index >= 15 is 0 Å². The monoisotopic (exact) mass is 561 g/mol. The summed E-state index contributed by atoms with van der Waals surface area (Å²) in [4.78, 5) is 13.2. The van der Waals surface area contributed by atoms with Crippen LogP contribution in [0.5, 0.6) is 0 Å². The highest BCUT2D eigenvalue weighted by Gasteiger charge is 2.50. The Hall–Kier alpha value is -1.19. The van der Waals surface area contributed by atoms with Gasteiger partial charge in [-0.15, -0.1) is 0 Å². The van der Waals surface area contributed by atoms with Gasteiger partial charge in [-0.25, -0.2) is 0 Å². The number of carbonyl (C=O) groups excluding carboxylic acids is 1. The molecule has 2 aliphatic heterocycles. The average Bonchev–Trinajstić information content (AvgIpc) is 2.83. The Labute approximate surface area is 231 Å². The van der Waals surface area contributed by atoms with Crippen LogP contribution in [0.1, 0.15) is 60.8 Å². The Kier molecular flexibility index (Phi) is 12.8. The van der Waals surface area contributed by atoms with Crippen LogP contribution in [0.4, 0.5) is 0 Å². The van der Waals surface area contributed by atoms with Gasteiger partial charge in [-0.2, -0.15) is 0 Å². The predicted octanol–water partition coefficient (Wildman–Crippen LogP) is -0.907. The smallest absolute Gasteiger partial charge is 0.228 e. The normalized spacial score (nSPS) is 38.2. The number of amides is 1. The van der Waals surface area contributed by atoms with Crippen molar-refractivity contribution in [2.45, 2.75) is 128 Å². The molecule has 2 saturated heterocycles. The number of hydrogen-bond acceptors (Lipinski definition) is 11. The first-order valence-electron chi connectivity index (χ1n) is 14.0. The van der Waals surface area contributed by atoms with Gasteiger partial charge in [-0.1, -0.05) is 39.8 Å². The highest BCUT2D eigenvalue weighted by molar-refractivity contribution is 5.80. The van der Waals surface area contributed by atoms with Crippen molar-refractivity contribution >= 4 is 5.91 Å². The summed E-state index contributed by atoms with van der Waals surface area (Å²) in [6.45, 7) is 11.1. The first-order chi connectivity index (χ1) is 18.1. The molecule has 9 unspecified atom stereocenters. The Bertz CT molecular complexity index is 800. The lowest BCUT2D eigenvalue weighted by atomic mass is 9.81. The van der Waals surface area contributed by atoms with Crippen LogP contribution < -0.4 is 16.8 Å². The second-order valence-electron chi connectivity index (χ2n) is 11.9. The maximum absolute atomic E-state index is 13.2. The molecular weight excluding hydrogens is 510 g/mol. The standard InChI is InChI=1S/C27H51N3O9/c1-13(2)7-8-17(38-26-24(34)22(29)23(33)16(6)37-26)9-20-21(25(35)30-15(5)12-28)19(32)11-27(36,39-20)10-18(31)14(3)4/h7-8,13-24,26,31-34,36H,9-12,28-29H2,1-6H3,(H,30,35)/b8-7+/t15-,16?,17?,18?,19+,20+,21?,22?,23?,24?,26?,27?/m1/s1. The third kappa shape index (κ3) is 9.42. The van der Waals surface area contributed by atoms with Crippen molar-refractivity contribution in [3.8, 4) is 0 Å². The molecule has 12 nitrogen and oxygen atoms in total. The Morgan fingerprint density at radius 3 is 2.36 bits per heavy atom. The minimum atomic E-state index is -1.89. The molecule has 0 aromatic heterocycles. The summed E-state index contributed by atoms with van der Waals surface area (Å²) in [6, 6.07) is -1.36. The lowest BCUT2D eigenvalue weighted by molar-refractivity contribution is -0.307. The van der Waals surface area contributed by atoms with E-state index in [9.17, 15) is 30.3 Å². The fraction of sp³-hybridized carbons (Fsp3) is 0.889. The van der Waals surface area contributed by atoms with Crippen LogP contribution in [0.25, 0.3) is 0 Å². The van der Waals surface area contributed by atoms with Gasteiger partial charge < -0.3 is 56.5 Å². The molecule has 2 fully saturated rings. The fourth-order valence-electron chi connectivity index (χ4n) is 4.84. The third-order valence-electron chi connectivity index (χ3n) is 7.44. The maximum atomic E-state index is 13.2. The van der Waals surface area contributed by atoms with Crippen molar-refractivity contribution in [2.24, 2.45) is 29.2 Å². The number of hydrogen-bond donors (Lipinski definition) is 8. The van der Waals surface area contributed by atoms with Crippen molar-refractivity contribution < 1.29 is 44.5 Å². The summed E-state index contributed by atoms with van der Waals surface area (Å²) >= 11 is 0. The lowest BCUT2D eigenvalue weighted by Crippen LogP contribution is -2.62. The van der Waals surface area contributed by atoms with Gasteiger partial charge in [0.1, 0.15) is 6.10 Å². The predicted molar refractivity (Wildman–Crippen MR) is 144 cm³/mol. The molecule has 12 atom stereocenters. The van der Waals surface area contributed by atoms with Gasteiger partial charge in [-0.3, -0.25) is 4.79 Å². The molecule has 2 rings (SSSR count). The molecule has 2 heterocycles. The Morgan fingerprint density at radius 2 is 1.79 bits per heavy atom. The largest absolute Gasteiger partial charge is 0.393 e. The second kappa shape index (κ2) is 14.6. The van der Waals surface area contributed by atoms with Crippen LogP contribution in [-0.2, 0) is 19.0 Å². The molecule has 1 amide bonds. The number of rotatable bonds is 12. The first kappa shape index (κ1) is 34.0. The SMILES string of the molecule is CC(C)/C=C/C(C[C@@H]1OC(O)(CC(O)C(C)C)C[C@H](O)C1C(=O)N[C@H](C)CN)OC1OC(C)C(O)C(N)C1O. The number of aliphatic hydroxyl groups excluding tert-OH is 4. The van der Waals surface area contributed by atoms with Crippen molar-refractivity contribution in [1.29, 1.82) is 0 Å². The van der Waals surface area contributed by atoms with Gasteiger partial charge in [0.05, 0.1) is 48.6 Å². The van der Waals surface area contributed by atoms with Crippen LogP contribution in [0.3, 0.4) is 0 Å². The van der Waals surface area contributed by atoms with Crippen LogP contribution >= 0.6 is 0 Å².